The van der Waals surface area contributed by atoms with Crippen LogP contribution in [-0.2, 0) is 20.7 Å². The average molecular weight is 363 g/mol. The van der Waals surface area contributed by atoms with Gasteiger partial charge in [0.05, 0.1) is 6.61 Å². The summed E-state index contributed by atoms with van der Waals surface area (Å²) in [6, 6.07) is 5.44. The molecule has 1 aromatic rings. The minimum atomic E-state index is -0.859. The van der Waals surface area contributed by atoms with Gasteiger partial charge in [-0.25, -0.2) is 9.18 Å². The minimum absolute atomic E-state index is 0.0810. The Labute approximate surface area is 155 Å². The van der Waals surface area contributed by atoms with Crippen molar-refractivity contribution in [2.24, 2.45) is 17.8 Å². The highest BCUT2D eigenvalue weighted by Gasteiger charge is 2.31. The molecule has 0 unspecified atom stereocenters. The molecule has 0 spiro atoms. The summed E-state index contributed by atoms with van der Waals surface area (Å²) in [7, 11) is 0. The van der Waals surface area contributed by atoms with Crippen molar-refractivity contribution < 1.29 is 18.7 Å². The number of ether oxygens (including phenoxy) is 1. The Morgan fingerprint density at radius 1 is 1.19 bits per heavy atom. The molecule has 0 saturated heterocycles. The molecule has 26 heavy (non-hydrogen) atoms. The summed E-state index contributed by atoms with van der Waals surface area (Å²) >= 11 is 0. The van der Waals surface area contributed by atoms with Crippen LogP contribution in [0.15, 0.2) is 24.3 Å². The number of esters is 1. The third-order valence-corrected chi connectivity index (χ3v) is 5.35. The van der Waals surface area contributed by atoms with Gasteiger partial charge in [0.15, 0.2) is 0 Å². The maximum Gasteiger partial charge on any atom is 0.328 e. The molecule has 2 rings (SSSR count). The number of carbonyl (C=O) groups excluding carboxylic acids is 2. The van der Waals surface area contributed by atoms with Crippen LogP contribution in [-0.4, -0.2) is 24.5 Å². The van der Waals surface area contributed by atoms with Crippen LogP contribution in [0, 0.1) is 23.6 Å². The second-order valence-electron chi connectivity index (χ2n) is 7.46. The van der Waals surface area contributed by atoms with E-state index in [9.17, 15) is 14.0 Å². The largest absolute Gasteiger partial charge is 0.464 e. The molecule has 1 aliphatic carbocycles. The van der Waals surface area contributed by atoms with Gasteiger partial charge < -0.3 is 10.1 Å². The van der Waals surface area contributed by atoms with Crippen LogP contribution in [0.25, 0.3) is 0 Å². The van der Waals surface area contributed by atoms with Crippen molar-refractivity contribution in [3.05, 3.63) is 35.6 Å². The first-order chi connectivity index (χ1) is 12.4. The predicted molar refractivity (Wildman–Crippen MR) is 99.0 cm³/mol. The smallest absolute Gasteiger partial charge is 0.328 e. The monoisotopic (exact) mass is 363 g/mol. The van der Waals surface area contributed by atoms with Gasteiger partial charge in [0.25, 0.3) is 0 Å². The second kappa shape index (κ2) is 9.70. The zero-order valence-corrected chi connectivity index (χ0v) is 16.0. The molecular weight excluding hydrogens is 333 g/mol. The fraction of sp³-hybridized carbons (Fsp3) is 0.619. The molecule has 0 bridgehead atoms. The highest BCUT2D eigenvalue weighted by atomic mass is 19.1. The Morgan fingerprint density at radius 3 is 2.42 bits per heavy atom. The van der Waals surface area contributed by atoms with E-state index < -0.39 is 12.0 Å². The van der Waals surface area contributed by atoms with E-state index >= 15 is 0 Å². The van der Waals surface area contributed by atoms with E-state index in [1.807, 2.05) is 0 Å². The minimum Gasteiger partial charge on any atom is -0.464 e. The lowest BCUT2D eigenvalue weighted by Gasteiger charge is -2.31. The molecule has 1 atom stereocenters. The topological polar surface area (TPSA) is 55.4 Å². The molecule has 0 aromatic heterocycles. The first kappa shape index (κ1) is 20.4. The first-order valence-electron chi connectivity index (χ1n) is 9.62. The van der Waals surface area contributed by atoms with Crippen molar-refractivity contribution in [3.8, 4) is 0 Å². The standard InChI is InChI=1S/C21H30FNO3/c1-4-26-21(25)19(13-17-7-5-6-8-18(17)22)23-20(24)16-11-9-15(10-12-16)14(2)3/h5-8,14-16,19H,4,9-13H2,1-3H3,(H,23,24)/t15?,16?,19-/m1/s1. The lowest BCUT2D eigenvalue weighted by Crippen LogP contribution is -2.46. The van der Waals surface area contributed by atoms with Crippen LogP contribution in [0.2, 0.25) is 0 Å². The van der Waals surface area contributed by atoms with E-state index in [0.29, 0.717) is 17.4 Å². The van der Waals surface area contributed by atoms with Crippen LogP contribution in [0.1, 0.15) is 52.0 Å². The number of amides is 1. The molecule has 1 aromatic carbocycles. The van der Waals surface area contributed by atoms with E-state index in [2.05, 4.69) is 19.2 Å². The quantitative estimate of drug-likeness (QED) is 0.748. The van der Waals surface area contributed by atoms with Crippen LogP contribution in [0.3, 0.4) is 0 Å². The maximum absolute atomic E-state index is 13.9. The summed E-state index contributed by atoms with van der Waals surface area (Å²) in [5.41, 5.74) is 0.398. The molecule has 0 heterocycles. The molecule has 1 fully saturated rings. The Morgan fingerprint density at radius 2 is 1.85 bits per heavy atom. The molecular formula is C21H30FNO3. The van der Waals surface area contributed by atoms with Gasteiger partial charge in [0, 0.05) is 12.3 Å². The molecule has 5 heteroatoms. The lowest BCUT2D eigenvalue weighted by molar-refractivity contribution is -0.148. The van der Waals surface area contributed by atoms with E-state index in [1.54, 1.807) is 25.1 Å². The van der Waals surface area contributed by atoms with E-state index in [4.69, 9.17) is 4.74 Å². The second-order valence-corrected chi connectivity index (χ2v) is 7.46. The zero-order chi connectivity index (χ0) is 19.1. The fourth-order valence-corrected chi connectivity index (χ4v) is 3.66. The van der Waals surface area contributed by atoms with Gasteiger partial charge in [-0.3, -0.25) is 4.79 Å². The number of hydrogen-bond donors (Lipinski definition) is 1. The summed E-state index contributed by atoms with van der Waals surface area (Å²) in [5.74, 6) is 0.197. The summed E-state index contributed by atoms with van der Waals surface area (Å²) in [6.45, 7) is 6.38. The Kier molecular flexibility index (Phi) is 7.61. The van der Waals surface area contributed by atoms with Gasteiger partial charge in [-0.1, -0.05) is 32.0 Å². The van der Waals surface area contributed by atoms with E-state index in [1.165, 1.54) is 6.07 Å². The third kappa shape index (κ3) is 5.55. The number of benzene rings is 1. The van der Waals surface area contributed by atoms with Crippen molar-refractivity contribution in [1.29, 1.82) is 0 Å². The summed E-state index contributed by atoms with van der Waals surface area (Å²) in [5, 5.41) is 2.81. The third-order valence-electron chi connectivity index (χ3n) is 5.35. The molecule has 4 nitrogen and oxygen atoms in total. The van der Waals surface area contributed by atoms with Crippen molar-refractivity contribution in [1.82, 2.24) is 5.32 Å². The van der Waals surface area contributed by atoms with Crippen LogP contribution in [0.4, 0.5) is 4.39 Å². The lowest BCUT2D eigenvalue weighted by atomic mass is 9.76. The number of halogens is 1. The fourth-order valence-electron chi connectivity index (χ4n) is 3.66. The summed E-state index contributed by atoms with van der Waals surface area (Å²) in [6.07, 6.45) is 3.84. The molecule has 1 N–H and O–H groups in total. The van der Waals surface area contributed by atoms with Crippen molar-refractivity contribution in [2.45, 2.75) is 58.9 Å². The first-order valence-corrected chi connectivity index (χ1v) is 9.62. The zero-order valence-electron chi connectivity index (χ0n) is 16.0. The van der Waals surface area contributed by atoms with Crippen molar-refractivity contribution in [2.75, 3.05) is 6.61 Å². The predicted octanol–water partition coefficient (Wildman–Crippen LogP) is 3.88. The Bertz CT molecular complexity index is 609. The van der Waals surface area contributed by atoms with E-state index in [0.717, 1.165) is 25.7 Å². The van der Waals surface area contributed by atoms with Crippen molar-refractivity contribution >= 4 is 11.9 Å². The maximum atomic E-state index is 13.9. The molecule has 0 aliphatic heterocycles. The molecule has 0 radical (unpaired) electrons. The Balaban J connectivity index is 2.01. The molecule has 1 amide bonds. The number of hydrogen-bond acceptors (Lipinski definition) is 3. The number of nitrogens with one attached hydrogen (secondary N) is 1. The Hall–Kier alpha value is -1.91. The van der Waals surface area contributed by atoms with E-state index in [-0.39, 0.29) is 30.7 Å². The highest BCUT2D eigenvalue weighted by molar-refractivity contribution is 5.86. The number of carbonyl (C=O) groups is 2. The van der Waals surface area contributed by atoms with Crippen LogP contribution in [0.5, 0.6) is 0 Å². The van der Waals surface area contributed by atoms with Gasteiger partial charge in [0.1, 0.15) is 11.9 Å². The van der Waals surface area contributed by atoms with Gasteiger partial charge in [-0.15, -0.1) is 0 Å². The average Bonchev–Trinajstić information content (AvgIpc) is 2.63. The van der Waals surface area contributed by atoms with Crippen LogP contribution >= 0.6 is 0 Å². The number of rotatable bonds is 7. The van der Waals surface area contributed by atoms with Gasteiger partial charge in [0.2, 0.25) is 5.91 Å². The molecule has 144 valence electrons. The van der Waals surface area contributed by atoms with Gasteiger partial charge in [-0.05, 0) is 56.1 Å². The van der Waals surface area contributed by atoms with Gasteiger partial charge in [-0.2, -0.15) is 0 Å². The SMILES string of the molecule is CCOC(=O)[C@@H](Cc1ccccc1F)NC(=O)C1CCC(C(C)C)CC1. The molecule has 1 saturated carbocycles. The summed E-state index contributed by atoms with van der Waals surface area (Å²) in [4.78, 5) is 24.9. The van der Waals surface area contributed by atoms with Crippen LogP contribution < -0.4 is 5.32 Å². The van der Waals surface area contributed by atoms with Gasteiger partial charge >= 0.3 is 5.97 Å². The van der Waals surface area contributed by atoms with Crippen molar-refractivity contribution in [3.63, 3.8) is 0 Å². The molecule has 1 aliphatic rings. The highest BCUT2D eigenvalue weighted by Crippen LogP contribution is 2.33. The summed E-state index contributed by atoms with van der Waals surface area (Å²) < 4.78 is 19.0. The normalized spacial score (nSPS) is 21.3.